The van der Waals surface area contributed by atoms with E-state index in [2.05, 4.69) is 4.90 Å². The Morgan fingerprint density at radius 3 is 2.38 bits per heavy atom. The monoisotopic (exact) mass is 231 g/mol. The Hall–Kier alpha value is -0.160. The summed E-state index contributed by atoms with van der Waals surface area (Å²) in [5.74, 6) is 0. The number of rotatable bonds is 8. The highest BCUT2D eigenvalue weighted by Crippen LogP contribution is 2.14. The van der Waals surface area contributed by atoms with Gasteiger partial charge in [0.15, 0.2) is 0 Å². The molecule has 0 aromatic heterocycles. The maximum Gasteiger partial charge on any atom is 0.0701 e. The van der Waals surface area contributed by atoms with Crippen LogP contribution in [0.25, 0.3) is 0 Å². The van der Waals surface area contributed by atoms with Crippen molar-refractivity contribution in [2.45, 2.75) is 38.2 Å². The van der Waals surface area contributed by atoms with Crippen LogP contribution in [0.4, 0.5) is 0 Å². The average molecular weight is 231 g/mol. The summed E-state index contributed by atoms with van der Waals surface area (Å²) >= 11 is 0. The van der Waals surface area contributed by atoms with Gasteiger partial charge in [-0.2, -0.15) is 0 Å². The summed E-state index contributed by atoms with van der Waals surface area (Å²) in [5, 5.41) is 17.3. The second-order valence-electron chi connectivity index (χ2n) is 4.42. The highest BCUT2D eigenvalue weighted by atomic mass is 16.5. The van der Waals surface area contributed by atoms with E-state index in [1.807, 2.05) is 0 Å². The Morgan fingerprint density at radius 1 is 1.00 bits per heavy atom. The lowest BCUT2D eigenvalue weighted by atomic mass is 10.1. The molecule has 1 rings (SSSR count). The Bertz CT molecular complexity index is 158. The lowest BCUT2D eigenvalue weighted by Crippen LogP contribution is -2.37. The summed E-state index contributed by atoms with van der Waals surface area (Å²) in [6.45, 7) is 4.27. The van der Waals surface area contributed by atoms with E-state index in [1.54, 1.807) is 0 Å². The van der Waals surface area contributed by atoms with Crippen molar-refractivity contribution in [1.82, 2.24) is 4.90 Å². The third kappa shape index (κ3) is 5.80. The Kier molecular flexibility index (Phi) is 7.76. The topological polar surface area (TPSA) is 52.9 Å². The molecule has 4 nitrogen and oxygen atoms in total. The Labute approximate surface area is 98.2 Å². The molecule has 96 valence electrons. The first kappa shape index (κ1) is 13.9. The van der Waals surface area contributed by atoms with Gasteiger partial charge in [0.05, 0.1) is 19.3 Å². The van der Waals surface area contributed by atoms with Crippen molar-refractivity contribution in [2.24, 2.45) is 0 Å². The van der Waals surface area contributed by atoms with Gasteiger partial charge in [-0.3, -0.25) is 0 Å². The van der Waals surface area contributed by atoms with Gasteiger partial charge in [0.1, 0.15) is 0 Å². The molecule has 0 aromatic carbocycles. The van der Waals surface area contributed by atoms with Crippen LogP contribution in [0.1, 0.15) is 32.1 Å². The molecule has 0 atom stereocenters. The molecule has 1 saturated heterocycles. The van der Waals surface area contributed by atoms with Crippen LogP contribution >= 0.6 is 0 Å². The van der Waals surface area contributed by atoms with Crippen LogP contribution in [0.5, 0.6) is 0 Å². The summed E-state index contributed by atoms with van der Waals surface area (Å²) in [6.07, 6.45) is 5.75. The van der Waals surface area contributed by atoms with Crippen molar-refractivity contribution in [3.63, 3.8) is 0 Å². The minimum absolute atomic E-state index is 0.126. The second-order valence-corrected chi connectivity index (χ2v) is 4.42. The zero-order chi connectivity index (χ0) is 11.6. The van der Waals surface area contributed by atoms with Crippen molar-refractivity contribution in [2.75, 3.05) is 39.5 Å². The Morgan fingerprint density at radius 2 is 1.75 bits per heavy atom. The normalized spacial score (nSPS) is 19.1. The lowest BCUT2D eigenvalue weighted by Gasteiger charge is -2.31. The molecule has 0 bridgehead atoms. The minimum atomic E-state index is 0.126. The third-order valence-corrected chi connectivity index (χ3v) is 3.11. The van der Waals surface area contributed by atoms with Gasteiger partial charge >= 0.3 is 0 Å². The van der Waals surface area contributed by atoms with Crippen LogP contribution in [0.15, 0.2) is 0 Å². The van der Waals surface area contributed by atoms with E-state index in [0.717, 1.165) is 45.3 Å². The standard InChI is InChI=1S/C12H25NO3/c14-9-3-1-2-6-13-7-4-12(5-8-13)16-11-10-15/h12,14-15H,1-11H2. The van der Waals surface area contributed by atoms with E-state index in [1.165, 1.54) is 6.42 Å². The van der Waals surface area contributed by atoms with E-state index in [0.29, 0.717) is 19.3 Å². The molecule has 2 N–H and O–H groups in total. The fourth-order valence-electron chi connectivity index (χ4n) is 2.14. The van der Waals surface area contributed by atoms with Crippen LogP contribution in [0, 0.1) is 0 Å². The number of unbranched alkanes of at least 4 members (excludes halogenated alkanes) is 2. The van der Waals surface area contributed by atoms with Gasteiger partial charge in [0.2, 0.25) is 0 Å². The van der Waals surface area contributed by atoms with Crippen LogP contribution in [-0.4, -0.2) is 60.7 Å². The van der Waals surface area contributed by atoms with Crippen molar-refractivity contribution in [3.05, 3.63) is 0 Å². The predicted octanol–water partition coefficient (Wildman–Crippen LogP) is 0.622. The molecular weight excluding hydrogens is 206 g/mol. The summed E-state index contributed by atoms with van der Waals surface area (Å²) < 4.78 is 5.51. The number of ether oxygens (including phenoxy) is 1. The molecule has 1 aliphatic heterocycles. The number of aliphatic hydroxyl groups excluding tert-OH is 2. The van der Waals surface area contributed by atoms with Gasteiger partial charge in [0, 0.05) is 19.7 Å². The van der Waals surface area contributed by atoms with Gasteiger partial charge in [-0.05, 0) is 38.6 Å². The van der Waals surface area contributed by atoms with E-state index >= 15 is 0 Å². The van der Waals surface area contributed by atoms with E-state index < -0.39 is 0 Å². The number of piperidine rings is 1. The molecule has 0 aliphatic carbocycles. The summed E-state index contributed by atoms with van der Waals surface area (Å²) in [4.78, 5) is 2.47. The zero-order valence-corrected chi connectivity index (χ0v) is 10.1. The summed E-state index contributed by atoms with van der Waals surface area (Å²) in [5.41, 5.74) is 0. The van der Waals surface area contributed by atoms with Gasteiger partial charge in [-0.1, -0.05) is 0 Å². The molecule has 4 heteroatoms. The highest BCUT2D eigenvalue weighted by molar-refractivity contribution is 4.72. The quantitative estimate of drug-likeness (QED) is 0.601. The lowest BCUT2D eigenvalue weighted by molar-refractivity contribution is -0.00790. The van der Waals surface area contributed by atoms with Crippen molar-refractivity contribution >= 4 is 0 Å². The molecule has 1 heterocycles. The van der Waals surface area contributed by atoms with Gasteiger partial charge in [-0.25, -0.2) is 0 Å². The zero-order valence-electron chi connectivity index (χ0n) is 10.1. The molecule has 1 aliphatic rings. The fraction of sp³-hybridized carbons (Fsp3) is 1.00. The Balaban J connectivity index is 1.98. The van der Waals surface area contributed by atoms with Crippen LogP contribution in [0.3, 0.4) is 0 Å². The average Bonchev–Trinajstić information content (AvgIpc) is 2.33. The highest BCUT2D eigenvalue weighted by Gasteiger charge is 2.18. The molecule has 16 heavy (non-hydrogen) atoms. The molecule has 0 spiro atoms. The molecular formula is C12H25NO3. The molecule has 0 unspecified atom stereocenters. The first-order chi connectivity index (χ1) is 7.86. The van der Waals surface area contributed by atoms with E-state index in [4.69, 9.17) is 14.9 Å². The minimum Gasteiger partial charge on any atom is -0.396 e. The molecule has 0 radical (unpaired) electrons. The van der Waals surface area contributed by atoms with Crippen molar-refractivity contribution in [1.29, 1.82) is 0 Å². The number of hydrogen-bond donors (Lipinski definition) is 2. The van der Waals surface area contributed by atoms with Crippen LogP contribution in [0.2, 0.25) is 0 Å². The molecule has 1 fully saturated rings. The number of hydrogen-bond acceptors (Lipinski definition) is 4. The third-order valence-electron chi connectivity index (χ3n) is 3.11. The van der Waals surface area contributed by atoms with Gasteiger partial charge in [0.25, 0.3) is 0 Å². The number of aliphatic hydroxyl groups is 2. The fourth-order valence-corrected chi connectivity index (χ4v) is 2.14. The van der Waals surface area contributed by atoms with E-state index in [-0.39, 0.29) is 6.61 Å². The maximum absolute atomic E-state index is 8.67. The molecule has 0 aromatic rings. The van der Waals surface area contributed by atoms with Gasteiger partial charge in [-0.15, -0.1) is 0 Å². The van der Waals surface area contributed by atoms with Crippen molar-refractivity contribution in [3.8, 4) is 0 Å². The van der Waals surface area contributed by atoms with Crippen LogP contribution in [-0.2, 0) is 4.74 Å². The predicted molar refractivity (Wildman–Crippen MR) is 63.4 cm³/mol. The summed E-state index contributed by atoms with van der Waals surface area (Å²) in [7, 11) is 0. The number of likely N-dealkylation sites (tertiary alicyclic amines) is 1. The number of nitrogens with zero attached hydrogens (tertiary/aromatic N) is 1. The summed E-state index contributed by atoms with van der Waals surface area (Å²) in [6, 6.07) is 0. The first-order valence-electron chi connectivity index (χ1n) is 6.42. The van der Waals surface area contributed by atoms with E-state index in [9.17, 15) is 0 Å². The maximum atomic E-state index is 8.67. The molecule has 0 amide bonds. The molecule has 0 saturated carbocycles. The largest absolute Gasteiger partial charge is 0.396 e. The smallest absolute Gasteiger partial charge is 0.0701 e. The van der Waals surface area contributed by atoms with Crippen molar-refractivity contribution < 1.29 is 14.9 Å². The van der Waals surface area contributed by atoms with Gasteiger partial charge < -0.3 is 19.8 Å². The second kappa shape index (κ2) is 8.93. The first-order valence-corrected chi connectivity index (χ1v) is 6.42. The van der Waals surface area contributed by atoms with Crippen LogP contribution < -0.4 is 0 Å². The SMILES string of the molecule is OCCCCCN1CCC(OCCO)CC1.